The predicted octanol–water partition coefficient (Wildman–Crippen LogP) is 3.15. The van der Waals surface area contributed by atoms with E-state index in [0.29, 0.717) is 12.2 Å². The Kier molecular flexibility index (Phi) is 11.2. The molecule has 1 aromatic rings. The van der Waals surface area contributed by atoms with E-state index in [9.17, 15) is 8.78 Å². The first-order valence-corrected chi connectivity index (χ1v) is 11.1. The average Bonchev–Trinajstić information content (AvgIpc) is 3.18. The van der Waals surface area contributed by atoms with Crippen molar-refractivity contribution in [2.24, 2.45) is 4.99 Å². The van der Waals surface area contributed by atoms with Gasteiger partial charge in [0.25, 0.3) is 0 Å². The van der Waals surface area contributed by atoms with Crippen LogP contribution in [0.2, 0.25) is 0 Å². The van der Waals surface area contributed by atoms with Gasteiger partial charge in [-0.3, -0.25) is 9.89 Å². The molecule has 2 fully saturated rings. The van der Waals surface area contributed by atoms with Gasteiger partial charge in [-0.05, 0) is 38.8 Å². The van der Waals surface area contributed by atoms with E-state index in [0.717, 1.165) is 51.5 Å². The topological polar surface area (TPSA) is 61.4 Å². The summed E-state index contributed by atoms with van der Waals surface area (Å²) in [5.41, 5.74) is 0.698. The molecule has 3 rings (SSSR count). The summed E-state index contributed by atoms with van der Waals surface area (Å²) < 4.78 is 35.9. The second kappa shape index (κ2) is 13.3. The van der Waals surface area contributed by atoms with Crippen LogP contribution in [-0.4, -0.2) is 82.0 Å². The lowest BCUT2D eigenvalue weighted by molar-refractivity contribution is -0.0679. The lowest BCUT2D eigenvalue weighted by atomic mass is 10.2. The number of alkyl halides is 2. The molecular formula is C22H36F2IN5O2. The highest BCUT2D eigenvalue weighted by Crippen LogP contribution is 2.31. The maximum Gasteiger partial charge on any atom is 0.387 e. The molecule has 2 aliphatic heterocycles. The fourth-order valence-electron chi connectivity index (χ4n) is 4.38. The molecule has 3 unspecified atom stereocenters. The molecule has 0 spiro atoms. The zero-order valence-electron chi connectivity index (χ0n) is 19.1. The van der Waals surface area contributed by atoms with Crippen molar-refractivity contribution in [3.63, 3.8) is 0 Å². The highest BCUT2D eigenvalue weighted by molar-refractivity contribution is 14.0. The lowest BCUT2D eigenvalue weighted by Gasteiger charge is -2.35. The molecule has 7 nitrogen and oxygen atoms in total. The summed E-state index contributed by atoms with van der Waals surface area (Å²) in [5, 5.41) is 6.84. The highest BCUT2D eigenvalue weighted by atomic mass is 127. The minimum Gasteiger partial charge on any atom is -0.433 e. The molecule has 0 saturated carbocycles. The maximum absolute atomic E-state index is 12.7. The normalized spacial score (nSPS) is 24.4. The first-order valence-electron chi connectivity index (χ1n) is 11.1. The van der Waals surface area contributed by atoms with Crippen LogP contribution in [0.25, 0.3) is 0 Å². The molecule has 0 aromatic heterocycles. The third kappa shape index (κ3) is 8.18. The Labute approximate surface area is 206 Å². The molecule has 0 bridgehead atoms. The van der Waals surface area contributed by atoms with E-state index in [4.69, 9.17) is 4.74 Å². The third-order valence-corrected chi connectivity index (χ3v) is 5.61. The molecule has 0 radical (unpaired) electrons. The van der Waals surface area contributed by atoms with Crippen molar-refractivity contribution < 1.29 is 18.3 Å². The Morgan fingerprint density at radius 2 is 1.94 bits per heavy atom. The number of hydrogen-bond donors (Lipinski definition) is 2. The van der Waals surface area contributed by atoms with Gasteiger partial charge in [0, 0.05) is 52.4 Å². The number of halogens is 3. The minimum absolute atomic E-state index is 0. The van der Waals surface area contributed by atoms with Gasteiger partial charge in [-0.15, -0.1) is 24.0 Å². The molecule has 32 heavy (non-hydrogen) atoms. The molecule has 0 aliphatic carbocycles. The first kappa shape index (κ1) is 26.8. The van der Waals surface area contributed by atoms with Crippen LogP contribution in [0.15, 0.2) is 29.3 Å². The predicted molar refractivity (Wildman–Crippen MR) is 135 cm³/mol. The van der Waals surface area contributed by atoms with Gasteiger partial charge in [0.05, 0.1) is 17.9 Å². The fourth-order valence-corrected chi connectivity index (χ4v) is 4.38. The van der Waals surface area contributed by atoms with Crippen molar-refractivity contribution in [1.29, 1.82) is 0 Å². The van der Waals surface area contributed by atoms with E-state index in [1.54, 1.807) is 19.2 Å². The van der Waals surface area contributed by atoms with Crippen LogP contribution >= 0.6 is 24.0 Å². The van der Waals surface area contributed by atoms with Crippen molar-refractivity contribution in [2.45, 2.75) is 51.6 Å². The second-order valence-corrected chi connectivity index (χ2v) is 8.29. The SMILES string of the molecule is CN=C(NCCCN1CC(C)OC(C)C1)NC1CCN(c2ccccc2OC(F)F)C1.I. The molecule has 2 saturated heterocycles. The number of rotatable bonds is 8. The van der Waals surface area contributed by atoms with Gasteiger partial charge in [-0.2, -0.15) is 8.78 Å². The lowest BCUT2D eigenvalue weighted by Crippen LogP contribution is -2.47. The third-order valence-electron chi connectivity index (χ3n) is 5.61. The summed E-state index contributed by atoms with van der Waals surface area (Å²) in [7, 11) is 1.76. The Bertz CT molecular complexity index is 717. The van der Waals surface area contributed by atoms with Crippen LogP contribution in [0.1, 0.15) is 26.7 Å². The van der Waals surface area contributed by atoms with Gasteiger partial charge < -0.3 is 25.0 Å². The number of nitrogens with zero attached hydrogens (tertiary/aromatic N) is 3. The monoisotopic (exact) mass is 567 g/mol. The first-order chi connectivity index (χ1) is 14.9. The van der Waals surface area contributed by atoms with E-state index in [2.05, 4.69) is 44.0 Å². The van der Waals surface area contributed by atoms with E-state index >= 15 is 0 Å². The smallest absolute Gasteiger partial charge is 0.387 e. The van der Waals surface area contributed by atoms with E-state index in [-0.39, 0.29) is 48.0 Å². The van der Waals surface area contributed by atoms with Gasteiger partial charge in [0.15, 0.2) is 5.96 Å². The molecule has 10 heteroatoms. The van der Waals surface area contributed by atoms with Crippen LogP contribution in [0, 0.1) is 0 Å². The fraction of sp³-hybridized carbons (Fsp3) is 0.682. The molecule has 2 heterocycles. The Morgan fingerprint density at radius 1 is 1.22 bits per heavy atom. The summed E-state index contributed by atoms with van der Waals surface area (Å²) >= 11 is 0. The number of ether oxygens (including phenoxy) is 2. The van der Waals surface area contributed by atoms with Gasteiger partial charge >= 0.3 is 6.61 Å². The van der Waals surface area contributed by atoms with Gasteiger partial charge in [-0.1, -0.05) is 12.1 Å². The number of morpholine rings is 1. The zero-order chi connectivity index (χ0) is 22.2. The van der Waals surface area contributed by atoms with Crippen LogP contribution in [-0.2, 0) is 4.74 Å². The number of nitrogens with one attached hydrogen (secondary N) is 2. The van der Waals surface area contributed by atoms with Gasteiger partial charge in [0.2, 0.25) is 0 Å². The van der Waals surface area contributed by atoms with Crippen LogP contribution in [0.3, 0.4) is 0 Å². The molecule has 0 amide bonds. The van der Waals surface area contributed by atoms with Crippen LogP contribution in [0.4, 0.5) is 14.5 Å². The highest BCUT2D eigenvalue weighted by Gasteiger charge is 2.26. The van der Waals surface area contributed by atoms with Crippen molar-refractivity contribution >= 4 is 35.6 Å². The Balaban J connectivity index is 0.00000363. The summed E-state index contributed by atoms with van der Waals surface area (Å²) in [5.74, 6) is 0.986. The van der Waals surface area contributed by atoms with Crippen molar-refractivity contribution in [1.82, 2.24) is 15.5 Å². The molecule has 2 aliphatic rings. The van der Waals surface area contributed by atoms with Gasteiger partial charge in [-0.25, -0.2) is 0 Å². The second-order valence-electron chi connectivity index (χ2n) is 8.29. The van der Waals surface area contributed by atoms with Crippen molar-refractivity contribution in [3.05, 3.63) is 24.3 Å². The number of hydrogen-bond acceptors (Lipinski definition) is 5. The Hall–Kier alpha value is -1.40. The van der Waals surface area contributed by atoms with E-state index in [1.165, 1.54) is 0 Å². The minimum atomic E-state index is -2.83. The van der Waals surface area contributed by atoms with Crippen LogP contribution < -0.4 is 20.3 Å². The number of anilines is 1. The quantitative estimate of drug-likeness (QED) is 0.218. The van der Waals surface area contributed by atoms with E-state index in [1.807, 2.05) is 12.1 Å². The summed E-state index contributed by atoms with van der Waals surface area (Å²) in [6.07, 6.45) is 2.49. The summed E-state index contributed by atoms with van der Waals surface area (Å²) in [4.78, 5) is 8.85. The van der Waals surface area contributed by atoms with Crippen LogP contribution in [0.5, 0.6) is 5.75 Å². The maximum atomic E-state index is 12.7. The molecule has 3 atom stereocenters. The largest absolute Gasteiger partial charge is 0.433 e. The molecule has 2 N–H and O–H groups in total. The molecule has 182 valence electrons. The zero-order valence-corrected chi connectivity index (χ0v) is 21.4. The molecule has 1 aromatic carbocycles. The van der Waals surface area contributed by atoms with Gasteiger partial charge in [0.1, 0.15) is 5.75 Å². The number of para-hydroxylation sites is 2. The molecular weight excluding hydrogens is 531 g/mol. The summed E-state index contributed by atoms with van der Waals surface area (Å²) in [6, 6.07) is 7.13. The van der Waals surface area contributed by atoms with E-state index < -0.39 is 6.61 Å². The standard InChI is InChI=1S/C22H35F2N5O2.HI/c1-16-13-28(14-17(2)30-16)11-6-10-26-22(25-3)27-18-9-12-29(15-18)19-7-4-5-8-20(19)31-21(23)24;/h4-5,7-8,16-18,21H,6,9-15H2,1-3H3,(H2,25,26,27);1H. The number of aliphatic imine (C=N–C) groups is 1. The number of benzene rings is 1. The number of guanidine groups is 1. The van der Waals surface area contributed by atoms with Crippen molar-refractivity contribution in [2.75, 3.05) is 51.2 Å². The average molecular weight is 567 g/mol. The Morgan fingerprint density at radius 3 is 2.62 bits per heavy atom. The summed E-state index contributed by atoms with van der Waals surface area (Å²) in [6.45, 7) is 6.70. The van der Waals surface area contributed by atoms with Crippen molar-refractivity contribution in [3.8, 4) is 5.75 Å².